The van der Waals surface area contributed by atoms with Gasteiger partial charge in [-0.15, -0.1) is 0 Å². The second-order valence-electron chi connectivity index (χ2n) is 2.90. The summed E-state index contributed by atoms with van der Waals surface area (Å²) in [6.07, 6.45) is 0. The Hall–Kier alpha value is -1.09. The smallest absolute Gasteiger partial charge is 0.228 e. The summed E-state index contributed by atoms with van der Waals surface area (Å²) in [5.41, 5.74) is 0.958. The van der Waals surface area contributed by atoms with Crippen molar-refractivity contribution < 1.29 is 4.74 Å². The minimum atomic E-state index is 0.629. The van der Waals surface area contributed by atoms with E-state index < -0.39 is 0 Å². The Morgan fingerprint density at radius 3 is 2.93 bits per heavy atom. The highest BCUT2D eigenvalue weighted by Crippen LogP contribution is 2.26. The molecule has 0 spiro atoms. The van der Waals surface area contributed by atoms with Gasteiger partial charge in [-0.25, -0.2) is 4.98 Å². The molecule has 0 aliphatic rings. The largest absolute Gasteiger partial charge is 0.477 e. The average Bonchev–Trinajstić information content (AvgIpc) is 2.19. The van der Waals surface area contributed by atoms with E-state index in [1.54, 1.807) is 0 Å². The van der Waals surface area contributed by atoms with Gasteiger partial charge in [0.05, 0.1) is 16.6 Å². The van der Waals surface area contributed by atoms with Crippen LogP contribution in [-0.4, -0.2) is 11.6 Å². The van der Waals surface area contributed by atoms with Crippen LogP contribution in [-0.2, 0) is 0 Å². The summed E-state index contributed by atoms with van der Waals surface area (Å²) in [5, 5.41) is 1.11. The van der Waals surface area contributed by atoms with Gasteiger partial charge in [-0.1, -0.05) is 18.2 Å². The first-order valence-corrected chi connectivity index (χ1v) is 5.28. The highest BCUT2D eigenvalue weighted by atomic mass is 79.9. The van der Waals surface area contributed by atoms with Crippen LogP contribution in [0.15, 0.2) is 34.8 Å². The minimum Gasteiger partial charge on any atom is -0.477 e. The van der Waals surface area contributed by atoms with Crippen molar-refractivity contribution in [3.8, 4) is 5.88 Å². The summed E-state index contributed by atoms with van der Waals surface area (Å²) >= 11 is 3.43. The fourth-order valence-corrected chi connectivity index (χ4v) is 1.76. The van der Waals surface area contributed by atoms with E-state index in [1.165, 1.54) is 0 Å². The Morgan fingerprint density at radius 1 is 1.36 bits per heavy atom. The molecule has 72 valence electrons. The van der Waals surface area contributed by atoms with Crippen LogP contribution in [0.3, 0.4) is 0 Å². The first kappa shape index (κ1) is 9.46. The van der Waals surface area contributed by atoms with Crippen molar-refractivity contribution in [2.75, 3.05) is 6.61 Å². The molecule has 1 heterocycles. The van der Waals surface area contributed by atoms with Gasteiger partial charge in [0, 0.05) is 5.39 Å². The lowest BCUT2D eigenvalue weighted by Gasteiger charge is -2.05. The van der Waals surface area contributed by atoms with E-state index in [4.69, 9.17) is 4.74 Å². The number of hydrogen-bond acceptors (Lipinski definition) is 2. The molecule has 14 heavy (non-hydrogen) atoms. The summed E-state index contributed by atoms with van der Waals surface area (Å²) in [6, 6.07) is 10.00. The van der Waals surface area contributed by atoms with Crippen LogP contribution in [0.2, 0.25) is 0 Å². The number of benzene rings is 1. The van der Waals surface area contributed by atoms with Gasteiger partial charge in [0.1, 0.15) is 0 Å². The zero-order chi connectivity index (χ0) is 9.97. The number of aromatic nitrogens is 1. The second kappa shape index (κ2) is 3.96. The number of nitrogens with zero attached hydrogens (tertiary/aromatic N) is 1. The van der Waals surface area contributed by atoms with Gasteiger partial charge in [0.15, 0.2) is 0 Å². The average molecular weight is 252 g/mol. The Balaban J connectivity index is 2.59. The van der Waals surface area contributed by atoms with E-state index in [0.717, 1.165) is 15.4 Å². The predicted octanol–water partition coefficient (Wildman–Crippen LogP) is 3.40. The van der Waals surface area contributed by atoms with Gasteiger partial charge in [-0.2, -0.15) is 0 Å². The van der Waals surface area contributed by atoms with Gasteiger partial charge < -0.3 is 4.74 Å². The van der Waals surface area contributed by atoms with Crippen LogP contribution in [0.4, 0.5) is 0 Å². The van der Waals surface area contributed by atoms with E-state index in [9.17, 15) is 0 Å². The Morgan fingerprint density at radius 2 is 2.14 bits per heavy atom. The molecule has 0 aliphatic carbocycles. The molecule has 0 fully saturated rings. The molecule has 2 rings (SSSR count). The zero-order valence-electron chi connectivity index (χ0n) is 7.83. The molecular weight excluding hydrogens is 242 g/mol. The molecule has 2 nitrogen and oxygen atoms in total. The van der Waals surface area contributed by atoms with Gasteiger partial charge in [-0.05, 0) is 35.0 Å². The number of hydrogen-bond donors (Lipinski definition) is 0. The standard InChI is InChI=1S/C11H10BrNO/c1-2-14-11-9(12)7-8-5-3-4-6-10(8)13-11/h3-7H,2H2,1H3. The molecule has 1 aromatic carbocycles. The fraction of sp³-hybridized carbons (Fsp3) is 0.182. The summed E-state index contributed by atoms with van der Waals surface area (Å²) in [7, 11) is 0. The Labute approximate surface area is 91.0 Å². The van der Waals surface area contributed by atoms with Gasteiger partial charge in [-0.3, -0.25) is 0 Å². The molecule has 0 amide bonds. The maximum atomic E-state index is 5.39. The highest BCUT2D eigenvalue weighted by molar-refractivity contribution is 9.10. The number of rotatable bonds is 2. The van der Waals surface area contributed by atoms with E-state index in [2.05, 4.69) is 20.9 Å². The highest BCUT2D eigenvalue weighted by Gasteiger charge is 2.03. The number of fused-ring (bicyclic) bond motifs is 1. The van der Waals surface area contributed by atoms with Gasteiger partial charge in [0.2, 0.25) is 5.88 Å². The molecule has 0 N–H and O–H groups in total. The third-order valence-electron chi connectivity index (χ3n) is 1.93. The summed E-state index contributed by atoms with van der Waals surface area (Å²) in [6.45, 7) is 2.58. The van der Waals surface area contributed by atoms with Crippen molar-refractivity contribution >= 4 is 26.8 Å². The Kier molecular flexibility index (Phi) is 2.68. The van der Waals surface area contributed by atoms with Crippen LogP contribution in [0.1, 0.15) is 6.92 Å². The first-order chi connectivity index (χ1) is 6.81. The lowest BCUT2D eigenvalue weighted by atomic mass is 10.2. The molecule has 0 unspecified atom stereocenters. The summed E-state index contributed by atoms with van der Waals surface area (Å²) in [4.78, 5) is 4.40. The maximum absolute atomic E-state index is 5.39. The lowest BCUT2D eigenvalue weighted by Crippen LogP contribution is -1.95. The molecule has 2 aromatic rings. The molecule has 0 aliphatic heterocycles. The molecule has 0 saturated heterocycles. The van der Waals surface area contributed by atoms with Crippen LogP contribution in [0, 0.1) is 0 Å². The van der Waals surface area contributed by atoms with Crippen molar-refractivity contribution in [1.29, 1.82) is 0 Å². The monoisotopic (exact) mass is 251 g/mol. The molecule has 0 atom stereocenters. The van der Waals surface area contributed by atoms with Crippen LogP contribution in [0.25, 0.3) is 10.9 Å². The SMILES string of the molecule is CCOc1nc2ccccc2cc1Br. The molecule has 1 aromatic heterocycles. The number of ether oxygens (including phenoxy) is 1. The van der Waals surface area contributed by atoms with Crippen molar-refractivity contribution in [1.82, 2.24) is 4.98 Å². The topological polar surface area (TPSA) is 22.1 Å². The van der Waals surface area contributed by atoms with Gasteiger partial charge in [0.25, 0.3) is 0 Å². The quantitative estimate of drug-likeness (QED) is 0.817. The molecule has 3 heteroatoms. The number of halogens is 1. The van der Waals surface area contributed by atoms with E-state index >= 15 is 0 Å². The number of pyridine rings is 1. The minimum absolute atomic E-state index is 0.629. The molecule has 0 radical (unpaired) electrons. The van der Waals surface area contributed by atoms with Crippen molar-refractivity contribution in [2.45, 2.75) is 6.92 Å². The Bertz CT molecular complexity index is 456. The second-order valence-corrected chi connectivity index (χ2v) is 3.76. The molecule has 0 saturated carbocycles. The maximum Gasteiger partial charge on any atom is 0.228 e. The zero-order valence-corrected chi connectivity index (χ0v) is 9.41. The van der Waals surface area contributed by atoms with Crippen molar-refractivity contribution in [2.24, 2.45) is 0 Å². The van der Waals surface area contributed by atoms with Crippen LogP contribution < -0.4 is 4.74 Å². The normalized spacial score (nSPS) is 10.4. The third-order valence-corrected chi connectivity index (χ3v) is 2.49. The number of para-hydroxylation sites is 1. The van der Waals surface area contributed by atoms with Crippen LogP contribution in [0.5, 0.6) is 5.88 Å². The first-order valence-electron chi connectivity index (χ1n) is 4.49. The molecular formula is C11H10BrNO. The van der Waals surface area contributed by atoms with Crippen molar-refractivity contribution in [3.63, 3.8) is 0 Å². The summed E-state index contributed by atoms with van der Waals surface area (Å²) < 4.78 is 6.29. The van der Waals surface area contributed by atoms with E-state index in [0.29, 0.717) is 12.5 Å². The van der Waals surface area contributed by atoms with Crippen molar-refractivity contribution in [3.05, 3.63) is 34.8 Å². The fourth-order valence-electron chi connectivity index (χ4n) is 1.31. The van der Waals surface area contributed by atoms with E-state index in [-0.39, 0.29) is 0 Å². The predicted molar refractivity (Wildman–Crippen MR) is 60.6 cm³/mol. The van der Waals surface area contributed by atoms with Gasteiger partial charge >= 0.3 is 0 Å². The summed E-state index contributed by atoms with van der Waals surface area (Å²) in [5.74, 6) is 0.659. The van der Waals surface area contributed by atoms with Crippen LogP contribution >= 0.6 is 15.9 Å². The molecule has 0 bridgehead atoms. The van der Waals surface area contributed by atoms with E-state index in [1.807, 2.05) is 37.3 Å². The lowest BCUT2D eigenvalue weighted by molar-refractivity contribution is 0.326. The third kappa shape index (κ3) is 1.73.